The fourth-order valence-electron chi connectivity index (χ4n) is 4.58. The molecule has 1 aromatic heterocycles. The van der Waals surface area contributed by atoms with E-state index in [-0.39, 0.29) is 24.1 Å². The van der Waals surface area contributed by atoms with E-state index in [1.807, 2.05) is 4.90 Å². The van der Waals surface area contributed by atoms with Crippen molar-refractivity contribution >= 4 is 18.3 Å². The average Bonchev–Trinajstić information content (AvgIpc) is 3.41. The van der Waals surface area contributed by atoms with Crippen LogP contribution in [0.4, 0.5) is 4.39 Å². The van der Waals surface area contributed by atoms with Crippen LogP contribution in [0.5, 0.6) is 0 Å². The molecule has 0 spiro atoms. The van der Waals surface area contributed by atoms with Crippen LogP contribution in [0.1, 0.15) is 48.8 Å². The molecule has 3 heterocycles. The molecule has 150 valence electrons. The van der Waals surface area contributed by atoms with E-state index >= 15 is 0 Å². The van der Waals surface area contributed by atoms with Gasteiger partial charge in [-0.15, -0.1) is 22.6 Å². The molecule has 3 aliphatic rings. The summed E-state index contributed by atoms with van der Waals surface area (Å²) in [7, 11) is 0. The van der Waals surface area contributed by atoms with Gasteiger partial charge in [0.1, 0.15) is 17.5 Å². The third-order valence-electron chi connectivity index (χ3n) is 6.35. The van der Waals surface area contributed by atoms with Gasteiger partial charge in [0, 0.05) is 32.1 Å². The first-order valence-corrected chi connectivity index (χ1v) is 9.85. The Labute approximate surface area is 169 Å². The Hall–Kier alpha value is -1.99. The number of piperidine rings is 1. The molecule has 5 rings (SSSR count). The molecular formula is C20H25ClFN5O. The molecule has 0 unspecified atom stereocenters. The number of aromatic nitrogens is 3. The first-order valence-electron chi connectivity index (χ1n) is 9.85. The van der Waals surface area contributed by atoms with Gasteiger partial charge >= 0.3 is 0 Å². The van der Waals surface area contributed by atoms with Crippen LogP contribution in [-0.2, 0) is 23.3 Å². The van der Waals surface area contributed by atoms with Gasteiger partial charge in [0.2, 0.25) is 5.91 Å². The monoisotopic (exact) mass is 405 g/mol. The first-order chi connectivity index (χ1) is 13.2. The molecule has 0 bridgehead atoms. The van der Waals surface area contributed by atoms with E-state index in [0.717, 1.165) is 75.6 Å². The highest BCUT2D eigenvalue weighted by Gasteiger charge is 2.53. The van der Waals surface area contributed by atoms with Crippen LogP contribution < -0.4 is 5.32 Å². The molecule has 1 saturated heterocycles. The molecule has 2 aromatic rings. The molecule has 28 heavy (non-hydrogen) atoms. The third-order valence-corrected chi connectivity index (χ3v) is 6.35. The smallest absolute Gasteiger partial charge is 0.233 e. The van der Waals surface area contributed by atoms with Crippen LogP contribution in [0.2, 0.25) is 0 Å². The number of amides is 1. The minimum atomic E-state index is -0.416. The molecule has 2 fully saturated rings. The summed E-state index contributed by atoms with van der Waals surface area (Å²) in [4.78, 5) is 15.2. The quantitative estimate of drug-likeness (QED) is 0.851. The van der Waals surface area contributed by atoms with E-state index in [0.29, 0.717) is 5.92 Å². The van der Waals surface area contributed by atoms with Crippen molar-refractivity contribution in [3.63, 3.8) is 0 Å². The van der Waals surface area contributed by atoms with Gasteiger partial charge in [0.05, 0.1) is 12.0 Å². The summed E-state index contributed by atoms with van der Waals surface area (Å²) in [5.74, 6) is 2.42. The lowest BCUT2D eigenvalue weighted by molar-refractivity contribution is -0.135. The van der Waals surface area contributed by atoms with Crippen LogP contribution >= 0.6 is 12.4 Å². The summed E-state index contributed by atoms with van der Waals surface area (Å²) in [6.07, 6.45) is 3.58. The van der Waals surface area contributed by atoms with E-state index in [9.17, 15) is 9.18 Å². The van der Waals surface area contributed by atoms with Crippen molar-refractivity contribution in [2.45, 2.75) is 50.1 Å². The van der Waals surface area contributed by atoms with Crippen molar-refractivity contribution < 1.29 is 9.18 Å². The molecule has 0 atom stereocenters. The zero-order valence-corrected chi connectivity index (χ0v) is 16.6. The molecule has 1 aliphatic carbocycles. The van der Waals surface area contributed by atoms with Gasteiger partial charge in [-0.1, -0.05) is 12.1 Å². The normalized spacial score (nSPS) is 21.0. The molecule has 0 radical (unpaired) electrons. The minimum Gasteiger partial charge on any atom is -0.342 e. The molecule has 6 nitrogen and oxygen atoms in total. The van der Waals surface area contributed by atoms with Gasteiger partial charge < -0.3 is 14.8 Å². The summed E-state index contributed by atoms with van der Waals surface area (Å²) in [5, 5.41) is 12.1. The van der Waals surface area contributed by atoms with E-state index < -0.39 is 5.41 Å². The average molecular weight is 406 g/mol. The van der Waals surface area contributed by atoms with Crippen LogP contribution in [-0.4, -0.2) is 45.2 Å². The Morgan fingerprint density at radius 3 is 2.50 bits per heavy atom. The maximum absolute atomic E-state index is 13.2. The predicted molar refractivity (Wildman–Crippen MR) is 105 cm³/mol. The predicted octanol–water partition coefficient (Wildman–Crippen LogP) is 2.38. The molecule has 1 amide bonds. The zero-order valence-electron chi connectivity index (χ0n) is 15.7. The third kappa shape index (κ3) is 3.20. The van der Waals surface area contributed by atoms with Crippen LogP contribution in [0.25, 0.3) is 0 Å². The SMILES string of the molecule is Cl.O=C(N1CCC(c2nnc3n2CCNC3)CC1)C1(c2ccc(F)cc2)CC1. The van der Waals surface area contributed by atoms with Gasteiger partial charge in [-0.25, -0.2) is 4.39 Å². The van der Waals surface area contributed by atoms with Crippen molar-refractivity contribution in [1.29, 1.82) is 0 Å². The van der Waals surface area contributed by atoms with E-state index in [1.54, 1.807) is 12.1 Å². The number of fused-ring (bicyclic) bond motifs is 1. The lowest BCUT2D eigenvalue weighted by atomic mass is 9.91. The fourth-order valence-corrected chi connectivity index (χ4v) is 4.58. The lowest BCUT2D eigenvalue weighted by Crippen LogP contribution is -2.44. The molecule has 8 heteroatoms. The van der Waals surface area contributed by atoms with Gasteiger partial charge in [-0.3, -0.25) is 4.79 Å². The molecular weight excluding hydrogens is 381 g/mol. The van der Waals surface area contributed by atoms with Crippen LogP contribution in [0, 0.1) is 5.82 Å². The summed E-state index contributed by atoms with van der Waals surface area (Å²) in [6.45, 7) is 4.17. The van der Waals surface area contributed by atoms with Gasteiger partial charge in [0.15, 0.2) is 0 Å². The highest BCUT2D eigenvalue weighted by molar-refractivity contribution is 5.91. The number of hydrogen-bond acceptors (Lipinski definition) is 4. The topological polar surface area (TPSA) is 63.1 Å². The molecule has 1 aromatic carbocycles. The summed E-state index contributed by atoms with van der Waals surface area (Å²) in [6, 6.07) is 6.45. The largest absolute Gasteiger partial charge is 0.342 e. The zero-order chi connectivity index (χ0) is 18.4. The molecule has 1 saturated carbocycles. The Bertz CT molecular complexity index is 856. The maximum Gasteiger partial charge on any atom is 0.233 e. The summed E-state index contributed by atoms with van der Waals surface area (Å²) in [5.41, 5.74) is 0.537. The van der Waals surface area contributed by atoms with Gasteiger partial charge in [-0.05, 0) is 43.4 Å². The van der Waals surface area contributed by atoms with E-state index in [2.05, 4.69) is 20.1 Å². The highest BCUT2D eigenvalue weighted by atomic mass is 35.5. The number of halogens is 2. The van der Waals surface area contributed by atoms with Gasteiger partial charge in [0.25, 0.3) is 0 Å². The molecule has 1 N–H and O–H groups in total. The number of carbonyl (C=O) groups is 1. The Balaban J connectivity index is 0.00000192. The Morgan fingerprint density at radius 1 is 1.11 bits per heavy atom. The van der Waals surface area contributed by atoms with Crippen LogP contribution in [0.3, 0.4) is 0 Å². The van der Waals surface area contributed by atoms with Crippen molar-refractivity contribution in [1.82, 2.24) is 25.0 Å². The van der Waals surface area contributed by atoms with Gasteiger partial charge in [-0.2, -0.15) is 0 Å². The Kier molecular flexibility index (Phi) is 5.14. The number of likely N-dealkylation sites (tertiary alicyclic amines) is 1. The van der Waals surface area contributed by atoms with Crippen molar-refractivity contribution in [3.8, 4) is 0 Å². The first kappa shape index (κ1) is 19.3. The van der Waals surface area contributed by atoms with Crippen molar-refractivity contribution in [2.24, 2.45) is 0 Å². The second-order valence-electron chi connectivity index (χ2n) is 7.96. The number of hydrogen-bond donors (Lipinski definition) is 1. The van der Waals surface area contributed by atoms with Crippen molar-refractivity contribution in [3.05, 3.63) is 47.3 Å². The fraction of sp³-hybridized carbons (Fsp3) is 0.550. The molecule has 2 aliphatic heterocycles. The van der Waals surface area contributed by atoms with Crippen LogP contribution in [0.15, 0.2) is 24.3 Å². The minimum absolute atomic E-state index is 0. The number of benzene rings is 1. The lowest BCUT2D eigenvalue weighted by Gasteiger charge is -2.34. The highest BCUT2D eigenvalue weighted by Crippen LogP contribution is 2.50. The van der Waals surface area contributed by atoms with E-state index in [4.69, 9.17) is 0 Å². The number of rotatable bonds is 3. The van der Waals surface area contributed by atoms with Crippen molar-refractivity contribution in [2.75, 3.05) is 19.6 Å². The maximum atomic E-state index is 13.2. The second-order valence-corrected chi connectivity index (χ2v) is 7.96. The Morgan fingerprint density at radius 2 is 1.82 bits per heavy atom. The second kappa shape index (κ2) is 7.44. The number of nitrogens with one attached hydrogen (secondary N) is 1. The summed E-state index contributed by atoms with van der Waals surface area (Å²) < 4.78 is 15.5. The number of nitrogens with zero attached hydrogens (tertiary/aromatic N) is 4. The number of carbonyl (C=O) groups excluding carboxylic acids is 1. The summed E-state index contributed by atoms with van der Waals surface area (Å²) >= 11 is 0. The standard InChI is InChI=1S/C20H24FN5O.ClH/c21-16-3-1-15(2-4-16)20(7-8-20)19(27)25-10-5-14(6-11-25)18-24-23-17-13-22-9-12-26(17)18;/h1-4,14,22H,5-13H2;1H. The van der Waals surface area contributed by atoms with E-state index in [1.165, 1.54) is 12.1 Å².